The Morgan fingerprint density at radius 1 is 1.05 bits per heavy atom. The second-order valence-corrected chi connectivity index (χ2v) is 5.72. The molecule has 1 atom stereocenters. The molecule has 0 aromatic heterocycles. The first-order valence-electron chi connectivity index (χ1n) is 7.29. The first-order chi connectivity index (χ1) is 9.72. The van der Waals surface area contributed by atoms with Gasteiger partial charge >= 0.3 is 0 Å². The molecule has 20 heavy (non-hydrogen) atoms. The molecule has 2 aromatic carbocycles. The highest BCUT2D eigenvalue weighted by molar-refractivity contribution is 5.24. The molecule has 1 nitrogen and oxygen atoms in total. The molecular weight excluding hydrogens is 249 g/mol. The lowest BCUT2D eigenvalue weighted by atomic mass is 9.75. The molecule has 0 amide bonds. The van der Waals surface area contributed by atoms with Gasteiger partial charge in [-0.2, -0.15) is 0 Å². The van der Waals surface area contributed by atoms with Gasteiger partial charge in [0.2, 0.25) is 0 Å². The Balaban J connectivity index is 1.54. The molecule has 0 spiro atoms. The summed E-state index contributed by atoms with van der Waals surface area (Å²) in [4.78, 5) is 0. The number of hydrogen-bond donors (Lipinski definition) is 1. The molecule has 104 valence electrons. The van der Waals surface area contributed by atoms with Crippen LogP contribution in [0.1, 0.15) is 42.9 Å². The fourth-order valence-corrected chi connectivity index (χ4v) is 2.98. The molecule has 0 unspecified atom stereocenters. The molecule has 1 saturated carbocycles. The maximum atomic E-state index is 13.2. The first-order valence-corrected chi connectivity index (χ1v) is 7.29. The van der Waals surface area contributed by atoms with E-state index in [-0.39, 0.29) is 5.82 Å². The average molecular weight is 269 g/mol. The number of halogens is 1. The zero-order chi connectivity index (χ0) is 13.9. The largest absolute Gasteiger partial charge is 0.307 e. The fraction of sp³-hybridized carbons (Fsp3) is 0.333. The molecule has 2 heteroatoms. The molecule has 1 aliphatic rings. The van der Waals surface area contributed by atoms with E-state index in [1.165, 1.54) is 11.6 Å². The average Bonchev–Trinajstić information content (AvgIpc) is 2.43. The predicted octanol–water partition coefficient (Wildman–Crippen LogP) is 4.42. The highest BCUT2D eigenvalue weighted by atomic mass is 19.1. The summed E-state index contributed by atoms with van der Waals surface area (Å²) in [5.74, 6) is 0.378. The van der Waals surface area contributed by atoms with Crippen LogP contribution in [-0.4, -0.2) is 6.04 Å². The summed E-state index contributed by atoms with van der Waals surface area (Å²) in [5.41, 5.74) is 2.46. The summed E-state index contributed by atoms with van der Waals surface area (Å²) in [6, 6.07) is 18.4. The number of hydrogen-bond acceptors (Lipinski definition) is 1. The second-order valence-electron chi connectivity index (χ2n) is 5.72. The lowest BCUT2D eigenvalue weighted by Gasteiger charge is -2.38. The van der Waals surface area contributed by atoms with E-state index in [4.69, 9.17) is 0 Å². The molecule has 1 N–H and O–H groups in total. The Morgan fingerprint density at radius 2 is 1.80 bits per heavy atom. The Morgan fingerprint density at radius 3 is 2.50 bits per heavy atom. The van der Waals surface area contributed by atoms with Crippen LogP contribution in [0.2, 0.25) is 0 Å². The van der Waals surface area contributed by atoms with Gasteiger partial charge in [0.25, 0.3) is 0 Å². The van der Waals surface area contributed by atoms with Crippen LogP contribution in [0.4, 0.5) is 4.39 Å². The van der Waals surface area contributed by atoms with Gasteiger partial charge < -0.3 is 5.32 Å². The fourth-order valence-electron chi connectivity index (χ4n) is 2.98. The summed E-state index contributed by atoms with van der Waals surface area (Å²) in [5, 5.41) is 3.65. The van der Waals surface area contributed by atoms with Crippen LogP contribution < -0.4 is 5.32 Å². The maximum Gasteiger partial charge on any atom is 0.123 e. The van der Waals surface area contributed by atoms with Gasteiger partial charge in [0.1, 0.15) is 5.82 Å². The van der Waals surface area contributed by atoms with Crippen LogP contribution in [0.5, 0.6) is 0 Å². The van der Waals surface area contributed by atoms with Gasteiger partial charge in [-0.3, -0.25) is 0 Å². The van der Waals surface area contributed by atoms with E-state index in [1.807, 2.05) is 12.1 Å². The van der Waals surface area contributed by atoms with Crippen LogP contribution >= 0.6 is 0 Å². The van der Waals surface area contributed by atoms with Crippen molar-refractivity contribution < 1.29 is 4.39 Å². The van der Waals surface area contributed by atoms with E-state index in [2.05, 4.69) is 36.5 Å². The molecule has 0 bridgehead atoms. The monoisotopic (exact) mass is 269 g/mol. The lowest BCUT2D eigenvalue weighted by Crippen LogP contribution is -2.41. The Bertz CT molecular complexity index is 561. The van der Waals surface area contributed by atoms with E-state index in [0.717, 1.165) is 18.4 Å². The first kappa shape index (κ1) is 13.3. The maximum absolute atomic E-state index is 13.2. The SMILES string of the molecule is C[C@H](NC1CC(c2cccc(F)c2)C1)c1ccccc1. The third-order valence-corrected chi connectivity index (χ3v) is 4.24. The van der Waals surface area contributed by atoms with E-state index in [9.17, 15) is 4.39 Å². The number of benzene rings is 2. The van der Waals surface area contributed by atoms with E-state index in [0.29, 0.717) is 18.0 Å². The van der Waals surface area contributed by atoms with Gasteiger partial charge in [-0.25, -0.2) is 4.39 Å². The second kappa shape index (κ2) is 5.76. The zero-order valence-electron chi connectivity index (χ0n) is 11.7. The van der Waals surface area contributed by atoms with Crippen molar-refractivity contribution in [3.8, 4) is 0 Å². The van der Waals surface area contributed by atoms with Gasteiger partial charge in [-0.15, -0.1) is 0 Å². The molecule has 3 rings (SSSR count). The quantitative estimate of drug-likeness (QED) is 0.866. The molecular formula is C18H20FN. The Labute approximate surface area is 119 Å². The van der Waals surface area contributed by atoms with Crippen LogP contribution in [0.15, 0.2) is 54.6 Å². The summed E-state index contributed by atoms with van der Waals surface area (Å²) in [7, 11) is 0. The minimum atomic E-state index is -0.128. The van der Waals surface area contributed by atoms with Crippen LogP contribution in [0.25, 0.3) is 0 Å². The minimum Gasteiger partial charge on any atom is -0.307 e. The normalized spacial score (nSPS) is 23.1. The molecule has 0 radical (unpaired) electrons. The Hall–Kier alpha value is -1.67. The van der Waals surface area contributed by atoms with E-state index < -0.39 is 0 Å². The topological polar surface area (TPSA) is 12.0 Å². The van der Waals surface area contributed by atoms with E-state index in [1.54, 1.807) is 12.1 Å². The van der Waals surface area contributed by atoms with Crippen molar-refractivity contribution in [2.75, 3.05) is 0 Å². The minimum absolute atomic E-state index is 0.128. The number of nitrogens with one attached hydrogen (secondary N) is 1. The predicted molar refractivity (Wildman–Crippen MR) is 80.2 cm³/mol. The summed E-state index contributed by atoms with van der Waals surface area (Å²) < 4.78 is 13.2. The van der Waals surface area contributed by atoms with Crippen molar-refractivity contribution in [1.82, 2.24) is 5.32 Å². The van der Waals surface area contributed by atoms with Crippen molar-refractivity contribution >= 4 is 0 Å². The van der Waals surface area contributed by atoms with Gasteiger partial charge in [-0.05, 0) is 48.9 Å². The summed E-state index contributed by atoms with van der Waals surface area (Å²) >= 11 is 0. The highest BCUT2D eigenvalue weighted by Crippen LogP contribution is 2.38. The van der Waals surface area contributed by atoms with E-state index >= 15 is 0 Å². The van der Waals surface area contributed by atoms with Crippen molar-refractivity contribution in [1.29, 1.82) is 0 Å². The van der Waals surface area contributed by atoms with Gasteiger partial charge in [-0.1, -0.05) is 42.5 Å². The van der Waals surface area contributed by atoms with Crippen LogP contribution in [0, 0.1) is 5.82 Å². The van der Waals surface area contributed by atoms with Crippen molar-refractivity contribution in [3.05, 3.63) is 71.5 Å². The molecule has 0 heterocycles. The lowest BCUT2D eigenvalue weighted by molar-refractivity contribution is 0.270. The zero-order valence-corrected chi connectivity index (χ0v) is 11.7. The summed E-state index contributed by atoms with van der Waals surface area (Å²) in [6.45, 7) is 2.20. The van der Waals surface area contributed by atoms with Crippen molar-refractivity contribution in [2.45, 2.75) is 37.8 Å². The molecule has 0 saturated heterocycles. The number of rotatable bonds is 4. The van der Waals surface area contributed by atoms with Crippen molar-refractivity contribution in [2.24, 2.45) is 0 Å². The third kappa shape index (κ3) is 2.91. The third-order valence-electron chi connectivity index (χ3n) is 4.24. The summed E-state index contributed by atoms with van der Waals surface area (Å²) in [6.07, 6.45) is 2.20. The standard InChI is InChI=1S/C18H20FN/c1-13(14-6-3-2-4-7-14)20-18-11-16(12-18)15-8-5-9-17(19)10-15/h2-10,13,16,18,20H,11-12H2,1H3/t13-,16?,18?/m0/s1. The Kier molecular flexibility index (Phi) is 3.83. The molecule has 1 aliphatic carbocycles. The molecule has 1 fully saturated rings. The van der Waals surface area contributed by atoms with Gasteiger partial charge in [0, 0.05) is 12.1 Å². The van der Waals surface area contributed by atoms with Crippen molar-refractivity contribution in [3.63, 3.8) is 0 Å². The van der Waals surface area contributed by atoms with Crippen LogP contribution in [-0.2, 0) is 0 Å². The van der Waals surface area contributed by atoms with Crippen LogP contribution in [0.3, 0.4) is 0 Å². The highest BCUT2D eigenvalue weighted by Gasteiger charge is 2.31. The van der Waals surface area contributed by atoms with Gasteiger partial charge in [0.05, 0.1) is 0 Å². The molecule has 2 aromatic rings. The smallest absolute Gasteiger partial charge is 0.123 e. The molecule has 0 aliphatic heterocycles. The van der Waals surface area contributed by atoms with Gasteiger partial charge in [0.15, 0.2) is 0 Å².